The largest absolute Gasteiger partial charge is 0.418 e. The molecule has 0 aliphatic rings. The predicted octanol–water partition coefficient (Wildman–Crippen LogP) is 3.17. The van der Waals surface area contributed by atoms with E-state index in [0.29, 0.717) is 6.54 Å². The Hall–Kier alpha value is -2.31. The third-order valence-corrected chi connectivity index (χ3v) is 2.70. The number of nitrogens with zero attached hydrogens (tertiary/aromatic N) is 2. The molecular weight excluding hydrogens is 271 g/mol. The molecule has 106 valence electrons. The Morgan fingerprint density at radius 3 is 2.65 bits per heavy atom. The van der Waals surface area contributed by atoms with E-state index in [0.717, 1.165) is 6.07 Å². The number of anilines is 1. The first-order valence-electron chi connectivity index (χ1n) is 5.92. The summed E-state index contributed by atoms with van der Waals surface area (Å²) in [5.41, 5.74) is -0.936. The van der Waals surface area contributed by atoms with Gasteiger partial charge in [0.2, 0.25) is 0 Å². The average molecular weight is 283 g/mol. The first kappa shape index (κ1) is 14.1. The van der Waals surface area contributed by atoms with Crippen molar-refractivity contribution < 1.29 is 18.0 Å². The van der Waals surface area contributed by atoms with Gasteiger partial charge in [-0.1, -0.05) is 12.1 Å². The molecule has 7 heteroatoms. The number of nitrogens with one attached hydrogen (secondary N) is 1. The van der Waals surface area contributed by atoms with E-state index in [4.69, 9.17) is 0 Å². The van der Waals surface area contributed by atoms with Crippen molar-refractivity contribution >= 4 is 11.6 Å². The summed E-state index contributed by atoms with van der Waals surface area (Å²) in [6, 6.07) is 4.84. The number of para-hydroxylation sites is 1. The topological polar surface area (TPSA) is 46.9 Å². The number of aromatic nitrogens is 2. The normalized spacial score (nSPS) is 11.4. The molecule has 20 heavy (non-hydrogen) atoms. The zero-order valence-electron chi connectivity index (χ0n) is 10.6. The maximum Gasteiger partial charge on any atom is 0.418 e. The second-order valence-electron chi connectivity index (χ2n) is 4.08. The molecule has 4 nitrogen and oxygen atoms in total. The minimum absolute atomic E-state index is 0.212. The van der Waals surface area contributed by atoms with Gasteiger partial charge in [-0.2, -0.15) is 18.3 Å². The molecule has 1 amide bonds. The van der Waals surface area contributed by atoms with Crippen molar-refractivity contribution in [3.63, 3.8) is 0 Å². The van der Waals surface area contributed by atoms with E-state index in [2.05, 4.69) is 10.4 Å². The van der Waals surface area contributed by atoms with Gasteiger partial charge >= 0.3 is 6.18 Å². The maximum absolute atomic E-state index is 12.8. The lowest BCUT2D eigenvalue weighted by Gasteiger charge is -2.12. The third-order valence-electron chi connectivity index (χ3n) is 2.70. The van der Waals surface area contributed by atoms with Crippen LogP contribution in [0.3, 0.4) is 0 Å². The summed E-state index contributed by atoms with van der Waals surface area (Å²) in [5, 5.41) is 6.16. The number of benzene rings is 1. The van der Waals surface area contributed by atoms with Gasteiger partial charge in [0.25, 0.3) is 5.91 Å². The van der Waals surface area contributed by atoms with Gasteiger partial charge in [-0.25, -0.2) is 0 Å². The lowest BCUT2D eigenvalue weighted by molar-refractivity contribution is -0.136. The summed E-state index contributed by atoms with van der Waals surface area (Å²) in [6.45, 7) is 2.42. The molecule has 0 atom stereocenters. The second-order valence-corrected chi connectivity index (χ2v) is 4.08. The summed E-state index contributed by atoms with van der Waals surface area (Å²) >= 11 is 0. The third kappa shape index (κ3) is 2.98. The Kier molecular flexibility index (Phi) is 3.78. The SMILES string of the molecule is CCn1cc(C(=O)Nc2ccccc2C(F)(F)F)cn1. The maximum atomic E-state index is 12.8. The molecule has 2 rings (SSSR count). The molecule has 0 spiro atoms. The molecule has 1 aromatic heterocycles. The van der Waals surface area contributed by atoms with Crippen molar-refractivity contribution in [3.05, 3.63) is 47.8 Å². The van der Waals surface area contributed by atoms with E-state index in [1.807, 2.05) is 6.92 Å². The van der Waals surface area contributed by atoms with Crippen molar-refractivity contribution in [1.29, 1.82) is 0 Å². The van der Waals surface area contributed by atoms with E-state index in [1.165, 1.54) is 35.3 Å². The number of aryl methyl sites for hydroxylation is 1. The molecule has 1 heterocycles. The van der Waals surface area contributed by atoms with Gasteiger partial charge in [0.15, 0.2) is 0 Å². The van der Waals surface area contributed by atoms with Gasteiger partial charge in [-0.05, 0) is 19.1 Å². The van der Waals surface area contributed by atoms with Crippen LogP contribution in [0.25, 0.3) is 0 Å². The van der Waals surface area contributed by atoms with E-state index >= 15 is 0 Å². The fourth-order valence-corrected chi connectivity index (χ4v) is 1.69. The molecule has 1 aromatic carbocycles. The first-order valence-corrected chi connectivity index (χ1v) is 5.92. The lowest BCUT2D eigenvalue weighted by atomic mass is 10.1. The zero-order chi connectivity index (χ0) is 14.8. The predicted molar refractivity (Wildman–Crippen MR) is 67.3 cm³/mol. The highest BCUT2D eigenvalue weighted by Crippen LogP contribution is 2.34. The number of halogens is 3. The number of carbonyl (C=O) groups is 1. The first-order chi connectivity index (χ1) is 9.41. The number of rotatable bonds is 3. The Morgan fingerprint density at radius 2 is 2.05 bits per heavy atom. The van der Waals surface area contributed by atoms with Gasteiger partial charge in [-0.3, -0.25) is 9.48 Å². The van der Waals surface area contributed by atoms with Crippen molar-refractivity contribution in [1.82, 2.24) is 9.78 Å². The Labute approximate surface area is 113 Å². The smallest absolute Gasteiger partial charge is 0.321 e. The van der Waals surface area contributed by atoms with Crippen LogP contribution < -0.4 is 5.32 Å². The summed E-state index contributed by atoms with van der Waals surface area (Å²) < 4.78 is 39.9. The number of hydrogen-bond acceptors (Lipinski definition) is 2. The van der Waals surface area contributed by atoms with Crippen LogP contribution in [-0.4, -0.2) is 15.7 Å². The lowest BCUT2D eigenvalue weighted by Crippen LogP contribution is -2.16. The standard InChI is InChI=1S/C13H12F3N3O/c1-2-19-8-9(7-17-19)12(20)18-11-6-4-3-5-10(11)13(14,15)16/h3-8H,2H2,1H3,(H,18,20). The highest BCUT2D eigenvalue weighted by molar-refractivity contribution is 6.04. The molecule has 0 aliphatic heterocycles. The highest BCUT2D eigenvalue weighted by atomic mass is 19.4. The molecule has 0 radical (unpaired) electrons. The number of amides is 1. The van der Waals surface area contributed by atoms with Crippen molar-refractivity contribution in [2.45, 2.75) is 19.6 Å². The average Bonchev–Trinajstić information content (AvgIpc) is 2.87. The molecule has 0 saturated carbocycles. The van der Waals surface area contributed by atoms with Gasteiger partial charge in [0.1, 0.15) is 0 Å². The highest BCUT2D eigenvalue weighted by Gasteiger charge is 2.33. The van der Waals surface area contributed by atoms with Crippen LogP contribution in [0.5, 0.6) is 0 Å². The van der Waals surface area contributed by atoms with Crippen LogP contribution in [0, 0.1) is 0 Å². The molecular formula is C13H12F3N3O. The number of carbonyl (C=O) groups excluding carboxylic acids is 1. The summed E-state index contributed by atoms with van der Waals surface area (Å²) in [7, 11) is 0. The second kappa shape index (κ2) is 5.36. The molecule has 0 aliphatic carbocycles. The van der Waals surface area contributed by atoms with Crippen LogP contribution in [0.2, 0.25) is 0 Å². The Bertz CT molecular complexity index is 619. The summed E-state index contributed by atoms with van der Waals surface area (Å²) in [5.74, 6) is -0.624. The number of alkyl halides is 3. The monoisotopic (exact) mass is 283 g/mol. The summed E-state index contributed by atoms with van der Waals surface area (Å²) in [4.78, 5) is 11.9. The minimum Gasteiger partial charge on any atom is -0.321 e. The molecule has 0 fully saturated rings. The quantitative estimate of drug-likeness (QED) is 0.940. The van der Waals surface area contributed by atoms with Gasteiger partial charge in [0.05, 0.1) is 23.0 Å². The summed E-state index contributed by atoms with van der Waals surface area (Å²) in [6.07, 6.45) is -1.72. The van der Waals surface area contributed by atoms with Crippen LogP contribution in [0.1, 0.15) is 22.8 Å². The molecule has 0 bridgehead atoms. The van der Waals surface area contributed by atoms with E-state index < -0.39 is 17.6 Å². The minimum atomic E-state index is -4.52. The van der Waals surface area contributed by atoms with Crippen LogP contribution >= 0.6 is 0 Å². The van der Waals surface area contributed by atoms with Crippen LogP contribution in [0.4, 0.5) is 18.9 Å². The Morgan fingerprint density at radius 1 is 1.35 bits per heavy atom. The molecule has 2 aromatic rings. The van der Waals surface area contributed by atoms with Crippen molar-refractivity contribution in [2.75, 3.05) is 5.32 Å². The van der Waals surface area contributed by atoms with Crippen molar-refractivity contribution in [2.24, 2.45) is 0 Å². The molecule has 0 saturated heterocycles. The fraction of sp³-hybridized carbons (Fsp3) is 0.231. The van der Waals surface area contributed by atoms with E-state index in [-0.39, 0.29) is 11.3 Å². The Balaban J connectivity index is 2.24. The van der Waals surface area contributed by atoms with Gasteiger partial charge < -0.3 is 5.32 Å². The van der Waals surface area contributed by atoms with Gasteiger partial charge in [-0.15, -0.1) is 0 Å². The van der Waals surface area contributed by atoms with Crippen molar-refractivity contribution in [3.8, 4) is 0 Å². The van der Waals surface area contributed by atoms with Crippen LogP contribution in [-0.2, 0) is 12.7 Å². The number of hydrogen-bond donors (Lipinski definition) is 1. The fourth-order valence-electron chi connectivity index (χ4n) is 1.69. The van der Waals surface area contributed by atoms with Gasteiger partial charge in [0, 0.05) is 12.7 Å². The van der Waals surface area contributed by atoms with E-state index in [1.54, 1.807) is 0 Å². The zero-order valence-corrected chi connectivity index (χ0v) is 10.6. The van der Waals surface area contributed by atoms with E-state index in [9.17, 15) is 18.0 Å². The molecule has 0 unspecified atom stereocenters. The van der Waals surface area contributed by atoms with Crippen LogP contribution in [0.15, 0.2) is 36.7 Å². The molecule has 1 N–H and O–H groups in total.